The minimum absolute atomic E-state index is 0.0184. The maximum atomic E-state index is 12.0. The second kappa shape index (κ2) is 10.4. The number of carbonyl (C=O) groups excluding carboxylic acids is 1. The van der Waals surface area contributed by atoms with Gasteiger partial charge in [-0.05, 0) is 45.4 Å². The van der Waals surface area contributed by atoms with Crippen LogP contribution in [0.2, 0.25) is 5.02 Å². The first-order chi connectivity index (χ1) is 15.2. The molecule has 1 atom stereocenters. The van der Waals surface area contributed by atoms with Gasteiger partial charge in [0.05, 0.1) is 18.2 Å². The van der Waals surface area contributed by atoms with Crippen molar-refractivity contribution in [2.75, 3.05) is 13.7 Å². The fraction of sp³-hybridized carbons (Fsp3) is 0.391. The molecule has 0 aliphatic rings. The summed E-state index contributed by atoms with van der Waals surface area (Å²) >= 11 is 7.73. The Morgan fingerprint density at radius 2 is 1.94 bits per heavy atom. The molecule has 0 saturated heterocycles. The molecule has 170 valence electrons. The molecular weight excluding hydrogens is 448 g/mol. The Bertz CT molecular complexity index is 1130. The Morgan fingerprint density at radius 3 is 2.56 bits per heavy atom. The van der Waals surface area contributed by atoms with Gasteiger partial charge in [0.2, 0.25) is 0 Å². The molecule has 0 bridgehead atoms. The summed E-state index contributed by atoms with van der Waals surface area (Å²) in [5, 5.41) is 19.5. The molecule has 3 aromatic rings. The van der Waals surface area contributed by atoms with Crippen molar-refractivity contribution in [3.05, 3.63) is 62.5 Å². The molecule has 2 aromatic heterocycles. The van der Waals surface area contributed by atoms with Gasteiger partial charge in [-0.1, -0.05) is 23.7 Å². The van der Waals surface area contributed by atoms with Crippen LogP contribution in [0.5, 0.6) is 0 Å². The molecule has 0 amide bonds. The van der Waals surface area contributed by atoms with Gasteiger partial charge in [-0.15, -0.1) is 21.5 Å². The molecule has 9 heteroatoms. The van der Waals surface area contributed by atoms with Crippen molar-refractivity contribution in [3.8, 4) is 5.00 Å². The summed E-state index contributed by atoms with van der Waals surface area (Å²) in [6, 6.07) is 7.62. The van der Waals surface area contributed by atoms with Crippen molar-refractivity contribution in [2.24, 2.45) is 4.99 Å². The Hall–Kier alpha value is -2.55. The Morgan fingerprint density at radius 1 is 1.25 bits per heavy atom. The highest BCUT2D eigenvalue weighted by molar-refractivity contribution is 7.15. The fourth-order valence-corrected chi connectivity index (χ4v) is 4.72. The number of thiophene rings is 1. The van der Waals surface area contributed by atoms with Gasteiger partial charge in [0, 0.05) is 34.5 Å². The van der Waals surface area contributed by atoms with Crippen LogP contribution in [0.1, 0.15) is 46.6 Å². The Balaban J connectivity index is 1.99. The van der Waals surface area contributed by atoms with Crippen molar-refractivity contribution in [1.82, 2.24) is 14.8 Å². The summed E-state index contributed by atoms with van der Waals surface area (Å²) < 4.78 is 7.06. The molecule has 3 rings (SSSR count). The van der Waals surface area contributed by atoms with Crippen molar-refractivity contribution in [1.29, 1.82) is 0 Å². The third-order valence-corrected chi connectivity index (χ3v) is 6.52. The molecule has 0 aliphatic heterocycles. The molecule has 0 fully saturated rings. The predicted molar refractivity (Wildman–Crippen MR) is 127 cm³/mol. The van der Waals surface area contributed by atoms with Crippen molar-refractivity contribution >= 4 is 34.6 Å². The van der Waals surface area contributed by atoms with E-state index in [-0.39, 0.29) is 19.0 Å². The smallest absolute Gasteiger partial charge is 0.306 e. The number of aliphatic hydroxyl groups is 1. The van der Waals surface area contributed by atoms with E-state index in [1.807, 2.05) is 35.8 Å². The van der Waals surface area contributed by atoms with Crippen LogP contribution in [0.3, 0.4) is 0 Å². The van der Waals surface area contributed by atoms with Crippen LogP contribution in [0.4, 0.5) is 0 Å². The van der Waals surface area contributed by atoms with E-state index in [1.165, 1.54) is 4.88 Å². The molecule has 2 heterocycles. The number of carbonyl (C=O) groups is 1. The number of benzene rings is 1. The van der Waals surface area contributed by atoms with Gasteiger partial charge in [0.1, 0.15) is 23.3 Å². The number of aryl methyl sites for hydroxylation is 3. The van der Waals surface area contributed by atoms with Crippen LogP contribution >= 0.6 is 22.9 Å². The minimum atomic E-state index is -0.691. The highest BCUT2D eigenvalue weighted by atomic mass is 35.5. The summed E-state index contributed by atoms with van der Waals surface area (Å²) in [5.74, 6) is 1.02. The number of halogens is 1. The normalized spacial score (nSPS) is 12.8. The molecule has 7 nitrogen and oxygen atoms in total. The maximum Gasteiger partial charge on any atom is 0.306 e. The highest BCUT2D eigenvalue weighted by Gasteiger charge is 2.24. The van der Waals surface area contributed by atoms with E-state index in [1.54, 1.807) is 25.3 Å². The van der Waals surface area contributed by atoms with Gasteiger partial charge >= 0.3 is 5.97 Å². The average molecular weight is 475 g/mol. The largest absolute Gasteiger partial charge is 0.463 e. The molecule has 0 spiro atoms. The van der Waals surface area contributed by atoms with E-state index in [9.17, 15) is 9.90 Å². The first kappa shape index (κ1) is 24.1. The monoisotopic (exact) mass is 474 g/mol. The Labute approximate surface area is 196 Å². The number of aliphatic imine (C=N–C) groups is 1. The lowest BCUT2D eigenvalue weighted by molar-refractivity contribution is -0.146. The zero-order valence-corrected chi connectivity index (χ0v) is 20.4. The van der Waals surface area contributed by atoms with Crippen LogP contribution in [-0.4, -0.2) is 51.3 Å². The van der Waals surface area contributed by atoms with Crippen molar-refractivity contribution in [2.45, 2.75) is 46.6 Å². The number of rotatable bonds is 8. The standard InChI is InChI=1S/C23H27ClN4O3S/c1-13(29)12-31-20(30)11-10-19-27-26-16(4)28(19)23-21(14(2)15(3)32-23)22(25-5)17-6-8-18(24)9-7-17/h6-9,13,29H,10-12H2,1-5H3/b25-22-. The zero-order chi connectivity index (χ0) is 23.4. The number of aromatic nitrogens is 3. The number of nitrogens with zero attached hydrogens (tertiary/aromatic N) is 4. The molecule has 0 saturated carbocycles. The molecular formula is C23H27ClN4O3S. The summed E-state index contributed by atoms with van der Waals surface area (Å²) in [6.07, 6.45) is -0.173. The van der Waals surface area contributed by atoms with Crippen LogP contribution in [0.15, 0.2) is 29.3 Å². The number of ether oxygens (including phenoxy) is 1. The SMILES string of the molecule is C/N=C(/c1ccc(Cl)cc1)c1c(-n2c(C)nnc2CCC(=O)OCC(C)O)sc(C)c1C. The third kappa shape index (κ3) is 5.26. The lowest BCUT2D eigenvalue weighted by Crippen LogP contribution is -2.16. The first-order valence-electron chi connectivity index (χ1n) is 10.3. The lowest BCUT2D eigenvalue weighted by Gasteiger charge is -2.13. The van der Waals surface area contributed by atoms with E-state index in [2.05, 4.69) is 29.0 Å². The van der Waals surface area contributed by atoms with Gasteiger partial charge in [0.15, 0.2) is 0 Å². The van der Waals surface area contributed by atoms with Crippen LogP contribution in [-0.2, 0) is 16.0 Å². The molecule has 1 aromatic carbocycles. The fourth-order valence-electron chi connectivity index (χ4n) is 3.37. The Kier molecular flexibility index (Phi) is 7.82. The second-order valence-corrected chi connectivity index (χ2v) is 9.21. The summed E-state index contributed by atoms with van der Waals surface area (Å²) in [6.45, 7) is 7.61. The molecule has 0 aliphatic carbocycles. The number of hydrogen-bond acceptors (Lipinski definition) is 7. The van der Waals surface area contributed by atoms with Crippen LogP contribution in [0.25, 0.3) is 5.00 Å². The maximum absolute atomic E-state index is 12.0. The van der Waals surface area contributed by atoms with Gasteiger partial charge in [-0.25, -0.2) is 0 Å². The number of aliphatic hydroxyl groups excluding tert-OH is 1. The minimum Gasteiger partial charge on any atom is -0.463 e. The summed E-state index contributed by atoms with van der Waals surface area (Å²) in [7, 11) is 1.78. The van der Waals surface area contributed by atoms with E-state index in [0.717, 1.165) is 33.2 Å². The zero-order valence-electron chi connectivity index (χ0n) is 18.8. The van der Waals surface area contributed by atoms with E-state index in [4.69, 9.17) is 16.3 Å². The van der Waals surface area contributed by atoms with E-state index < -0.39 is 6.10 Å². The van der Waals surface area contributed by atoms with Gasteiger partial charge in [-0.2, -0.15) is 0 Å². The first-order valence-corrected chi connectivity index (χ1v) is 11.5. The number of esters is 1. The lowest BCUT2D eigenvalue weighted by atomic mass is 10.00. The predicted octanol–water partition coefficient (Wildman–Crippen LogP) is 4.23. The van der Waals surface area contributed by atoms with E-state index in [0.29, 0.717) is 17.3 Å². The topological polar surface area (TPSA) is 89.6 Å². The second-order valence-electron chi connectivity index (χ2n) is 7.57. The highest BCUT2D eigenvalue weighted by Crippen LogP contribution is 2.34. The van der Waals surface area contributed by atoms with Gasteiger partial charge in [0.25, 0.3) is 0 Å². The van der Waals surface area contributed by atoms with Crippen LogP contribution < -0.4 is 0 Å². The molecule has 1 unspecified atom stereocenters. The van der Waals surface area contributed by atoms with Gasteiger partial charge < -0.3 is 9.84 Å². The van der Waals surface area contributed by atoms with Crippen LogP contribution in [0, 0.1) is 20.8 Å². The van der Waals surface area contributed by atoms with E-state index >= 15 is 0 Å². The van der Waals surface area contributed by atoms with Crippen molar-refractivity contribution in [3.63, 3.8) is 0 Å². The molecule has 1 N–H and O–H groups in total. The summed E-state index contributed by atoms with van der Waals surface area (Å²) in [4.78, 5) is 17.8. The molecule has 0 radical (unpaired) electrons. The average Bonchev–Trinajstić information content (AvgIpc) is 3.26. The van der Waals surface area contributed by atoms with Crippen molar-refractivity contribution < 1.29 is 14.6 Å². The third-order valence-electron chi connectivity index (χ3n) is 5.08. The quantitative estimate of drug-likeness (QED) is 0.389. The molecule has 32 heavy (non-hydrogen) atoms. The number of hydrogen-bond donors (Lipinski definition) is 1. The van der Waals surface area contributed by atoms with Gasteiger partial charge in [-0.3, -0.25) is 14.4 Å². The summed E-state index contributed by atoms with van der Waals surface area (Å²) in [5.41, 5.74) is 3.97.